The summed E-state index contributed by atoms with van der Waals surface area (Å²) in [5, 5.41) is 0. The summed E-state index contributed by atoms with van der Waals surface area (Å²) in [4.78, 5) is 11.3. The number of piperidine rings is 1. The Kier molecular flexibility index (Phi) is 6.06. The van der Waals surface area contributed by atoms with Crippen LogP contribution in [0.3, 0.4) is 0 Å². The van der Waals surface area contributed by atoms with Gasteiger partial charge in [0.15, 0.2) is 0 Å². The fraction of sp³-hybridized carbons (Fsp3) is 0.500. The maximum absolute atomic E-state index is 13.0. The molecule has 0 aliphatic carbocycles. The number of halogens is 3. The average Bonchev–Trinajstić information content (AvgIpc) is 2.74. The highest BCUT2D eigenvalue weighted by Gasteiger charge is 2.32. The molecule has 2 aliphatic heterocycles. The Labute approximate surface area is 169 Å². The van der Waals surface area contributed by atoms with Crippen molar-refractivity contribution in [3.63, 3.8) is 0 Å². The van der Waals surface area contributed by atoms with E-state index in [1.165, 1.54) is 30.5 Å². The van der Waals surface area contributed by atoms with Crippen molar-refractivity contribution in [1.29, 1.82) is 0 Å². The van der Waals surface area contributed by atoms with E-state index in [-0.39, 0.29) is 0 Å². The third-order valence-corrected chi connectivity index (χ3v) is 5.98. The highest BCUT2D eigenvalue weighted by molar-refractivity contribution is 5.49. The smallest absolute Gasteiger partial charge is 0.369 e. The molecule has 29 heavy (non-hydrogen) atoms. The molecular weight excluding hydrogens is 377 g/mol. The minimum absolute atomic E-state index is 0.518. The van der Waals surface area contributed by atoms with Gasteiger partial charge < -0.3 is 4.90 Å². The van der Waals surface area contributed by atoms with Gasteiger partial charge in [-0.1, -0.05) is 12.1 Å². The summed E-state index contributed by atoms with van der Waals surface area (Å²) in [5.74, 6) is 0. The van der Waals surface area contributed by atoms with Crippen LogP contribution in [0, 0.1) is 0 Å². The number of hydrogen-bond acceptors (Lipinski definition) is 4. The van der Waals surface area contributed by atoms with E-state index in [1.54, 1.807) is 12.3 Å². The lowest BCUT2D eigenvalue weighted by Gasteiger charge is -2.44. The van der Waals surface area contributed by atoms with Gasteiger partial charge in [0.05, 0.1) is 5.56 Å². The van der Waals surface area contributed by atoms with E-state index >= 15 is 0 Å². The second-order valence-electron chi connectivity index (χ2n) is 7.96. The molecule has 7 heteroatoms. The van der Waals surface area contributed by atoms with E-state index in [0.29, 0.717) is 11.7 Å². The zero-order valence-corrected chi connectivity index (χ0v) is 16.5. The fourth-order valence-electron chi connectivity index (χ4n) is 4.45. The van der Waals surface area contributed by atoms with Gasteiger partial charge in [-0.15, -0.1) is 0 Å². The highest BCUT2D eigenvalue weighted by Crippen LogP contribution is 2.32. The number of benzene rings is 1. The molecule has 4 nitrogen and oxygen atoms in total. The normalized spacial score (nSPS) is 22.0. The third kappa shape index (κ3) is 5.08. The number of nitrogens with zero attached hydrogens (tertiary/aromatic N) is 4. The largest absolute Gasteiger partial charge is 0.416 e. The van der Waals surface area contributed by atoms with Crippen molar-refractivity contribution in [2.45, 2.75) is 31.6 Å². The number of rotatable bonds is 4. The van der Waals surface area contributed by atoms with E-state index in [1.807, 2.05) is 12.3 Å². The van der Waals surface area contributed by atoms with Crippen LogP contribution in [-0.4, -0.2) is 60.1 Å². The van der Waals surface area contributed by atoms with Crippen molar-refractivity contribution >= 4 is 5.69 Å². The first kappa shape index (κ1) is 20.2. The summed E-state index contributed by atoms with van der Waals surface area (Å²) in [5.41, 5.74) is 1.33. The minimum atomic E-state index is -4.29. The molecule has 0 saturated carbocycles. The molecule has 2 fully saturated rings. The minimum Gasteiger partial charge on any atom is -0.369 e. The van der Waals surface area contributed by atoms with Gasteiger partial charge in [-0.2, -0.15) is 13.2 Å². The summed E-state index contributed by atoms with van der Waals surface area (Å²) >= 11 is 0. The van der Waals surface area contributed by atoms with Crippen LogP contribution < -0.4 is 4.90 Å². The van der Waals surface area contributed by atoms with Crippen molar-refractivity contribution < 1.29 is 13.2 Å². The summed E-state index contributed by atoms with van der Waals surface area (Å²) in [6, 6.07) is 10.3. The molecule has 2 aliphatic rings. The first-order valence-corrected chi connectivity index (χ1v) is 10.3. The van der Waals surface area contributed by atoms with Crippen LogP contribution in [0.15, 0.2) is 48.8 Å². The number of hydrogen-bond donors (Lipinski definition) is 0. The van der Waals surface area contributed by atoms with Crippen LogP contribution in [0.25, 0.3) is 0 Å². The van der Waals surface area contributed by atoms with Crippen LogP contribution in [0.2, 0.25) is 0 Å². The van der Waals surface area contributed by atoms with Gasteiger partial charge in [0.25, 0.3) is 0 Å². The van der Waals surface area contributed by atoms with Crippen molar-refractivity contribution in [2.75, 3.05) is 44.2 Å². The summed E-state index contributed by atoms with van der Waals surface area (Å²) in [6.45, 7) is 6.38. The molecule has 0 radical (unpaired) electrons. The van der Waals surface area contributed by atoms with E-state index in [9.17, 15) is 13.2 Å². The molecule has 4 rings (SSSR count). The Morgan fingerprint density at radius 1 is 1.00 bits per heavy atom. The van der Waals surface area contributed by atoms with E-state index < -0.39 is 11.7 Å². The lowest BCUT2D eigenvalue weighted by atomic mass is 10.0. The SMILES string of the molecule is FC(F)(F)c1cccc(N2CCN([C@@H]3CCCN(Cc4cccnc4)C3)CC2)c1. The molecule has 156 valence electrons. The fourth-order valence-corrected chi connectivity index (χ4v) is 4.45. The van der Waals surface area contributed by atoms with Crippen molar-refractivity contribution in [3.8, 4) is 0 Å². The van der Waals surface area contributed by atoms with E-state index in [4.69, 9.17) is 0 Å². The van der Waals surface area contributed by atoms with Gasteiger partial charge in [0.2, 0.25) is 0 Å². The Balaban J connectivity index is 1.32. The number of pyridine rings is 1. The van der Waals surface area contributed by atoms with Gasteiger partial charge in [-0.3, -0.25) is 14.8 Å². The Bertz CT molecular complexity index is 788. The zero-order valence-electron chi connectivity index (χ0n) is 16.5. The van der Waals surface area contributed by atoms with Gasteiger partial charge in [0, 0.05) is 63.4 Å². The predicted octanol–water partition coefficient (Wildman–Crippen LogP) is 3.89. The summed E-state index contributed by atoms with van der Waals surface area (Å²) in [7, 11) is 0. The second-order valence-corrected chi connectivity index (χ2v) is 7.96. The maximum atomic E-state index is 13.0. The first-order valence-electron chi connectivity index (χ1n) is 10.3. The van der Waals surface area contributed by atoms with Gasteiger partial charge in [0.1, 0.15) is 0 Å². The highest BCUT2D eigenvalue weighted by atomic mass is 19.4. The molecule has 0 bridgehead atoms. The Morgan fingerprint density at radius 3 is 2.55 bits per heavy atom. The van der Waals surface area contributed by atoms with Gasteiger partial charge >= 0.3 is 6.18 Å². The number of anilines is 1. The van der Waals surface area contributed by atoms with Crippen molar-refractivity contribution in [2.24, 2.45) is 0 Å². The molecule has 0 spiro atoms. The maximum Gasteiger partial charge on any atom is 0.416 e. The third-order valence-electron chi connectivity index (χ3n) is 5.98. The van der Waals surface area contributed by atoms with Crippen molar-refractivity contribution in [3.05, 3.63) is 59.9 Å². The van der Waals surface area contributed by atoms with Crippen molar-refractivity contribution in [1.82, 2.24) is 14.8 Å². The molecule has 2 aromatic rings. The number of likely N-dealkylation sites (tertiary alicyclic amines) is 1. The van der Waals surface area contributed by atoms with Crippen LogP contribution in [-0.2, 0) is 12.7 Å². The predicted molar refractivity (Wildman–Crippen MR) is 108 cm³/mol. The molecule has 0 N–H and O–H groups in total. The number of piperazine rings is 1. The van der Waals surface area contributed by atoms with Gasteiger partial charge in [-0.05, 0) is 49.2 Å². The number of aromatic nitrogens is 1. The van der Waals surface area contributed by atoms with E-state index in [0.717, 1.165) is 51.9 Å². The zero-order chi connectivity index (χ0) is 20.3. The van der Waals surface area contributed by atoms with E-state index in [2.05, 4.69) is 25.8 Å². The average molecular weight is 404 g/mol. The van der Waals surface area contributed by atoms with Crippen LogP contribution in [0.5, 0.6) is 0 Å². The lowest BCUT2D eigenvalue weighted by molar-refractivity contribution is -0.137. The van der Waals surface area contributed by atoms with Gasteiger partial charge in [-0.25, -0.2) is 0 Å². The summed E-state index contributed by atoms with van der Waals surface area (Å²) < 4.78 is 39.0. The molecule has 1 aromatic carbocycles. The molecule has 1 atom stereocenters. The Hall–Kier alpha value is -2.12. The quantitative estimate of drug-likeness (QED) is 0.771. The Morgan fingerprint density at radius 2 is 1.83 bits per heavy atom. The molecular formula is C22H27F3N4. The first-order chi connectivity index (χ1) is 14.0. The van der Waals surface area contributed by atoms with Crippen LogP contribution in [0.1, 0.15) is 24.0 Å². The molecule has 1 aromatic heterocycles. The number of alkyl halides is 3. The topological polar surface area (TPSA) is 22.6 Å². The second kappa shape index (κ2) is 8.71. The molecule has 2 saturated heterocycles. The van der Waals surface area contributed by atoms with Crippen LogP contribution in [0.4, 0.5) is 18.9 Å². The monoisotopic (exact) mass is 404 g/mol. The lowest BCUT2D eigenvalue weighted by Crippen LogP contribution is -2.55. The molecule has 0 amide bonds. The standard InChI is InChI=1S/C22H27F3N4/c23-22(24,25)19-5-1-6-20(14-19)28-10-12-29(13-11-28)21-7-3-9-27(17-21)16-18-4-2-8-26-15-18/h1-2,4-6,8,14-15,21H,3,7,9-13,16-17H2/t21-/m1/s1. The molecule has 0 unspecified atom stereocenters. The summed E-state index contributed by atoms with van der Waals surface area (Å²) in [6.07, 6.45) is 1.80. The van der Waals surface area contributed by atoms with Crippen LogP contribution >= 0.6 is 0 Å². The molecule has 3 heterocycles.